The summed E-state index contributed by atoms with van der Waals surface area (Å²) in [6.45, 7) is 6.85. The minimum Gasteiger partial charge on any atom is -0.374 e. The highest BCUT2D eigenvalue weighted by atomic mass is 16.5. The zero-order valence-electron chi connectivity index (χ0n) is 12.4. The van der Waals surface area contributed by atoms with Gasteiger partial charge in [0, 0.05) is 18.6 Å². The zero-order chi connectivity index (χ0) is 13.1. The molecule has 0 amide bonds. The van der Waals surface area contributed by atoms with Crippen LogP contribution in [0.15, 0.2) is 0 Å². The van der Waals surface area contributed by atoms with Gasteiger partial charge in [0.25, 0.3) is 0 Å². The zero-order valence-corrected chi connectivity index (χ0v) is 12.4. The molecule has 0 aromatic rings. The third-order valence-corrected chi connectivity index (χ3v) is 5.35. The molecular formula is C16H30N2O. The normalized spacial score (nSPS) is 34.6. The molecule has 3 nitrogen and oxygen atoms in total. The van der Waals surface area contributed by atoms with E-state index in [1.807, 2.05) is 0 Å². The first-order chi connectivity index (χ1) is 9.38. The lowest BCUT2D eigenvalue weighted by Gasteiger charge is -2.41. The molecule has 2 heterocycles. The Labute approximate surface area is 118 Å². The third kappa shape index (κ3) is 3.14. The molecule has 1 aliphatic carbocycles. The van der Waals surface area contributed by atoms with Gasteiger partial charge in [-0.05, 0) is 51.1 Å². The lowest BCUT2D eigenvalue weighted by Crippen LogP contribution is -2.56. The van der Waals surface area contributed by atoms with Crippen LogP contribution in [0.1, 0.15) is 51.9 Å². The maximum absolute atomic E-state index is 6.26. The highest BCUT2D eigenvalue weighted by molar-refractivity contribution is 4.93. The molecule has 3 aliphatic rings. The molecule has 3 unspecified atom stereocenters. The maximum Gasteiger partial charge on any atom is 0.0858 e. The Kier molecular flexibility index (Phi) is 4.78. The van der Waals surface area contributed by atoms with E-state index in [4.69, 9.17) is 4.74 Å². The molecule has 2 aliphatic heterocycles. The minimum absolute atomic E-state index is 0.434. The molecule has 3 atom stereocenters. The predicted molar refractivity (Wildman–Crippen MR) is 78.4 cm³/mol. The van der Waals surface area contributed by atoms with Crippen molar-refractivity contribution in [3.05, 3.63) is 0 Å². The number of ether oxygens (including phenoxy) is 1. The maximum atomic E-state index is 6.26. The molecule has 3 rings (SSSR count). The number of hydrogen-bond donors (Lipinski definition) is 1. The first kappa shape index (κ1) is 13.8. The molecule has 0 radical (unpaired) electrons. The topological polar surface area (TPSA) is 24.5 Å². The molecule has 3 fully saturated rings. The second kappa shape index (κ2) is 6.55. The average Bonchev–Trinajstić information content (AvgIpc) is 3.09. The predicted octanol–water partition coefficient (Wildman–Crippen LogP) is 2.41. The fraction of sp³-hybridized carbons (Fsp3) is 1.00. The smallest absolute Gasteiger partial charge is 0.0858 e. The van der Waals surface area contributed by atoms with Gasteiger partial charge in [0.2, 0.25) is 0 Å². The van der Waals surface area contributed by atoms with E-state index in [1.165, 1.54) is 58.0 Å². The van der Waals surface area contributed by atoms with Gasteiger partial charge in [-0.15, -0.1) is 0 Å². The van der Waals surface area contributed by atoms with Crippen LogP contribution in [0.3, 0.4) is 0 Å². The lowest BCUT2D eigenvalue weighted by atomic mass is 9.92. The summed E-state index contributed by atoms with van der Waals surface area (Å²) in [5.41, 5.74) is 0. The van der Waals surface area contributed by atoms with Gasteiger partial charge < -0.3 is 10.1 Å². The first-order valence-electron chi connectivity index (χ1n) is 8.47. The Morgan fingerprint density at radius 1 is 1.21 bits per heavy atom. The highest BCUT2D eigenvalue weighted by Crippen LogP contribution is 2.32. The van der Waals surface area contributed by atoms with Crippen molar-refractivity contribution in [1.29, 1.82) is 0 Å². The number of nitrogens with zero attached hydrogens (tertiary/aromatic N) is 1. The second-order valence-corrected chi connectivity index (χ2v) is 6.69. The molecular weight excluding hydrogens is 236 g/mol. The summed E-state index contributed by atoms with van der Waals surface area (Å²) in [5, 5.41) is 3.81. The molecule has 0 bridgehead atoms. The van der Waals surface area contributed by atoms with Crippen LogP contribution in [0.5, 0.6) is 0 Å². The number of fused-ring (bicyclic) bond motifs is 1. The third-order valence-electron chi connectivity index (χ3n) is 5.35. The Morgan fingerprint density at radius 3 is 2.84 bits per heavy atom. The van der Waals surface area contributed by atoms with E-state index in [0.717, 1.165) is 25.1 Å². The fourth-order valence-electron chi connectivity index (χ4n) is 4.29. The number of nitrogens with one attached hydrogen (secondary N) is 1. The second-order valence-electron chi connectivity index (χ2n) is 6.69. The standard InChI is InChI=1S/C16H30N2O/c1-2-9-17-16(13-6-3-4-7-13)15-11-18-10-5-8-14(18)12-19-15/h13-17H,2-12H2,1H3. The quantitative estimate of drug-likeness (QED) is 0.827. The molecule has 19 heavy (non-hydrogen) atoms. The Hall–Kier alpha value is -0.120. The van der Waals surface area contributed by atoms with Crippen molar-refractivity contribution < 1.29 is 4.74 Å². The van der Waals surface area contributed by atoms with E-state index in [2.05, 4.69) is 17.1 Å². The van der Waals surface area contributed by atoms with Crippen molar-refractivity contribution in [2.45, 2.75) is 70.1 Å². The molecule has 0 aromatic carbocycles. The van der Waals surface area contributed by atoms with E-state index in [1.54, 1.807) is 0 Å². The average molecular weight is 266 g/mol. The van der Waals surface area contributed by atoms with Gasteiger partial charge in [0.15, 0.2) is 0 Å². The summed E-state index contributed by atoms with van der Waals surface area (Å²) in [6.07, 6.45) is 10.0. The Morgan fingerprint density at radius 2 is 2.05 bits per heavy atom. The van der Waals surface area contributed by atoms with Crippen LogP contribution in [0, 0.1) is 5.92 Å². The van der Waals surface area contributed by atoms with Crippen LogP contribution >= 0.6 is 0 Å². The van der Waals surface area contributed by atoms with Crippen molar-refractivity contribution in [3.63, 3.8) is 0 Å². The van der Waals surface area contributed by atoms with Crippen molar-refractivity contribution >= 4 is 0 Å². The summed E-state index contributed by atoms with van der Waals surface area (Å²) in [7, 11) is 0. The van der Waals surface area contributed by atoms with Crippen molar-refractivity contribution in [2.75, 3.05) is 26.2 Å². The van der Waals surface area contributed by atoms with E-state index in [0.29, 0.717) is 12.1 Å². The van der Waals surface area contributed by atoms with Crippen LogP contribution < -0.4 is 5.32 Å². The molecule has 3 heteroatoms. The molecule has 0 aromatic heterocycles. The van der Waals surface area contributed by atoms with Gasteiger partial charge in [-0.3, -0.25) is 4.90 Å². The van der Waals surface area contributed by atoms with E-state index < -0.39 is 0 Å². The van der Waals surface area contributed by atoms with E-state index in [-0.39, 0.29) is 0 Å². The van der Waals surface area contributed by atoms with Crippen molar-refractivity contribution in [1.82, 2.24) is 10.2 Å². The van der Waals surface area contributed by atoms with Crippen LogP contribution in [-0.4, -0.2) is 49.3 Å². The molecule has 110 valence electrons. The summed E-state index contributed by atoms with van der Waals surface area (Å²) in [5.74, 6) is 0.857. The number of rotatable bonds is 5. The van der Waals surface area contributed by atoms with Gasteiger partial charge in [0.05, 0.1) is 12.7 Å². The van der Waals surface area contributed by atoms with Gasteiger partial charge in [-0.2, -0.15) is 0 Å². The molecule has 2 saturated heterocycles. The van der Waals surface area contributed by atoms with Crippen molar-refractivity contribution in [2.24, 2.45) is 5.92 Å². The van der Waals surface area contributed by atoms with Crippen LogP contribution in [0.4, 0.5) is 0 Å². The summed E-state index contributed by atoms with van der Waals surface area (Å²) < 4.78 is 6.26. The molecule has 0 spiro atoms. The number of morpholine rings is 1. The summed E-state index contributed by atoms with van der Waals surface area (Å²) in [4.78, 5) is 2.68. The lowest BCUT2D eigenvalue weighted by molar-refractivity contribution is -0.0730. The van der Waals surface area contributed by atoms with Gasteiger partial charge in [0.1, 0.15) is 0 Å². The first-order valence-corrected chi connectivity index (χ1v) is 8.47. The largest absolute Gasteiger partial charge is 0.374 e. The Balaban J connectivity index is 1.61. The summed E-state index contributed by atoms with van der Waals surface area (Å²) in [6, 6.07) is 1.33. The van der Waals surface area contributed by atoms with E-state index >= 15 is 0 Å². The van der Waals surface area contributed by atoms with E-state index in [9.17, 15) is 0 Å². The minimum atomic E-state index is 0.434. The van der Waals surface area contributed by atoms with Crippen LogP contribution in [0.2, 0.25) is 0 Å². The Bertz CT molecular complexity index is 278. The monoisotopic (exact) mass is 266 g/mol. The highest BCUT2D eigenvalue weighted by Gasteiger charge is 2.38. The van der Waals surface area contributed by atoms with Gasteiger partial charge >= 0.3 is 0 Å². The van der Waals surface area contributed by atoms with Crippen molar-refractivity contribution in [3.8, 4) is 0 Å². The summed E-state index contributed by atoms with van der Waals surface area (Å²) >= 11 is 0. The van der Waals surface area contributed by atoms with Gasteiger partial charge in [-0.25, -0.2) is 0 Å². The van der Waals surface area contributed by atoms with Crippen LogP contribution in [0.25, 0.3) is 0 Å². The molecule has 1 N–H and O–H groups in total. The fourth-order valence-corrected chi connectivity index (χ4v) is 4.29. The van der Waals surface area contributed by atoms with Crippen LogP contribution in [-0.2, 0) is 4.74 Å². The number of hydrogen-bond acceptors (Lipinski definition) is 3. The van der Waals surface area contributed by atoms with Gasteiger partial charge in [-0.1, -0.05) is 19.8 Å². The SMILES string of the molecule is CCCNC(C1CCCC1)C1CN2CCCC2CO1. The molecule has 1 saturated carbocycles.